The number of hydrogen-bond donors (Lipinski definition) is 1. The molecule has 0 aromatic heterocycles. The van der Waals surface area contributed by atoms with Gasteiger partial charge in [0.15, 0.2) is 0 Å². The molecular formula is C14H29NO. The van der Waals surface area contributed by atoms with Crippen molar-refractivity contribution in [2.24, 2.45) is 11.8 Å². The van der Waals surface area contributed by atoms with Crippen LogP contribution in [-0.4, -0.2) is 25.3 Å². The Balaban J connectivity index is 2.22. The minimum Gasteiger partial charge on any atom is -0.378 e. The monoisotopic (exact) mass is 227 g/mol. The largest absolute Gasteiger partial charge is 0.378 e. The van der Waals surface area contributed by atoms with Crippen LogP contribution in [0, 0.1) is 11.8 Å². The highest BCUT2D eigenvalue weighted by molar-refractivity contribution is 4.77. The maximum absolute atomic E-state index is 5.59. The third kappa shape index (κ3) is 4.42. The molecule has 1 aliphatic rings. The van der Waals surface area contributed by atoms with Crippen LogP contribution >= 0.6 is 0 Å². The first-order valence-electron chi connectivity index (χ1n) is 7.02. The number of ether oxygens (including phenoxy) is 1. The molecule has 4 unspecified atom stereocenters. The van der Waals surface area contributed by atoms with Gasteiger partial charge < -0.3 is 10.1 Å². The summed E-state index contributed by atoms with van der Waals surface area (Å²) in [6, 6.07) is 0.697. The molecule has 1 heterocycles. The van der Waals surface area contributed by atoms with Crippen molar-refractivity contribution in [3.05, 3.63) is 0 Å². The summed E-state index contributed by atoms with van der Waals surface area (Å²) in [5, 5.41) is 3.73. The van der Waals surface area contributed by atoms with Gasteiger partial charge in [-0.3, -0.25) is 0 Å². The smallest absolute Gasteiger partial charge is 0.0588 e. The summed E-state index contributed by atoms with van der Waals surface area (Å²) in [5.41, 5.74) is 0. The standard InChI is InChI=1S/C14H29NO/c1-5-11(3)9-14(6-2)15-10-13-7-8-16-12(13)4/h11-15H,5-10H2,1-4H3. The van der Waals surface area contributed by atoms with E-state index >= 15 is 0 Å². The van der Waals surface area contributed by atoms with Crippen LogP contribution in [0.15, 0.2) is 0 Å². The highest BCUT2D eigenvalue weighted by Gasteiger charge is 2.24. The third-order valence-electron chi connectivity index (χ3n) is 4.08. The molecule has 1 aliphatic heterocycles. The Kier molecular flexibility index (Phi) is 6.37. The first-order valence-corrected chi connectivity index (χ1v) is 7.02. The van der Waals surface area contributed by atoms with Crippen LogP contribution in [0.3, 0.4) is 0 Å². The lowest BCUT2D eigenvalue weighted by molar-refractivity contribution is 0.104. The van der Waals surface area contributed by atoms with Gasteiger partial charge >= 0.3 is 0 Å². The van der Waals surface area contributed by atoms with Gasteiger partial charge in [0.05, 0.1) is 6.10 Å². The Hall–Kier alpha value is -0.0800. The van der Waals surface area contributed by atoms with Crippen LogP contribution in [0.2, 0.25) is 0 Å². The summed E-state index contributed by atoms with van der Waals surface area (Å²) in [6.07, 6.45) is 5.53. The molecule has 16 heavy (non-hydrogen) atoms. The Bertz CT molecular complexity index is 184. The predicted octanol–water partition coefficient (Wildman–Crippen LogP) is 3.22. The zero-order valence-electron chi connectivity index (χ0n) is 11.5. The lowest BCUT2D eigenvalue weighted by Crippen LogP contribution is -2.36. The first kappa shape index (κ1) is 14.0. The van der Waals surface area contributed by atoms with Crippen molar-refractivity contribution >= 4 is 0 Å². The van der Waals surface area contributed by atoms with E-state index in [9.17, 15) is 0 Å². The number of rotatable bonds is 7. The van der Waals surface area contributed by atoms with Gasteiger partial charge in [0.25, 0.3) is 0 Å². The molecule has 2 nitrogen and oxygen atoms in total. The second-order valence-electron chi connectivity index (χ2n) is 5.39. The molecule has 0 spiro atoms. The molecule has 0 saturated carbocycles. The van der Waals surface area contributed by atoms with Crippen LogP contribution in [0.25, 0.3) is 0 Å². The lowest BCUT2D eigenvalue weighted by Gasteiger charge is -2.23. The summed E-state index contributed by atoms with van der Waals surface area (Å²) in [5.74, 6) is 1.57. The highest BCUT2D eigenvalue weighted by atomic mass is 16.5. The fourth-order valence-electron chi connectivity index (χ4n) is 2.41. The molecule has 4 atom stereocenters. The average molecular weight is 227 g/mol. The van der Waals surface area contributed by atoms with E-state index in [4.69, 9.17) is 4.74 Å². The summed E-state index contributed by atoms with van der Waals surface area (Å²) >= 11 is 0. The average Bonchev–Trinajstić information content (AvgIpc) is 2.69. The maximum atomic E-state index is 5.59. The van der Waals surface area contributed by atoms with E-state index in [2.05, 4.69) is 33.0 Å². The van der Waals surface area contributed by atoms with Crippen LogP contribution in [0.4, 0.5) is 0 Å². The fourth-order valence-corrected chi connectivity index (χ4v) is 2.41. The van der Waals surface area contributed by atoms with E-state index in [0.29, 0.717) is 12.1 Å². The van der Waals surface area contributed by atoms with Gasteiger partial charge in [-0.25, -0.2) is 0 Å². The summed E-state index contributed by atoms with van der Waals surface area (Å²) in [7, 11) is 0. The van der Waals surface area contributed by atoms with E-state index in [0.717, 1.165) is 25.0 Å². The quantitative estimate of drug-likeness (QED) is 0.721. The molecule has 0 aromatic carbocycles. The van der Waals surface area contributed by atoms with Crippen LogP contribution in [0.5, 0.6) is 0 Å². The molecule has 1 saturated heterocycles. The Morgan fingerprint density at radius 3 is 2.56 bits per heavy atom. The van der Waals surface area contributed by atoms with E-state index in [-0.39, 0.29) is 0 Å². The maximum Gasteiger partial charge on any atom is 0.0588 e. The van der Waals surface area contributed by atoms with Gasteiger partial charge in [0.1, 0.15) is 0 Å². The zero-order valence-corrected chi connectivity index (χ0v) is 11.5. The molecule has 0 aliphatic carbocycles. The molecule has 0 amide bonds. The predicted molar refractivity (Wildman–Crippen MR) is 69.7 cm³/mol. The van der Waals surface area contributed by atoms with Crippen LogP contribution in [0.1, 0.15) is 53.4 Å². The van der Waals surface area contributed by atoms with Crippen LogP contribution < -0.4 is 5.32 Å². The van der Waals surface area contributed by atoms with E-state index in [1.807, 2.05) is 0 Å². The van der Waals surface area contributed by atoms with Gasteiger partial charge in [-0.1, -0.05) is 27.2 Å². The number of hydrogen-bond acceptors (Lipinski definition) is 2. The van der Waals surface area contributed by atoms with Crippen molar-refractivity contribution in [1.82, 2.24) is 5.32 Å². The molecule has 0 bridgehead atoms. The van der Waals surface area contributed by atoms with E-state index in [1.54, 1.807) is 0 Å². The molecule has 1 N–H and O–H groups in total. The first-order chi connectivity index (χ1) is 7.67. The lowest BCUT2D eigenvalue weighted by atomic mass is 9.96. The molecule has 2 heteroatoms. The van der Waals surface area contributed by atoms with Gasteiger partial charge in [0, 0.05) is 19.2 Å². The SMILES string of the molecule is CCC(C)CC(CC)NCC1CCOC1C. The third-order valence-corrected chi connectivity index (χ3v) is 4.08. The molecule has 1 fully saturated rings. The minimum atomic E-state index is 0.452. The van der Waals surface area contributed by atoms with Crippen molar-refractivity contribution in [2.75, 3.05) is 13.2 Å². The van der Waals surface area contributed by atoms with Crippen molar-refractivity contribution in [2.45, 2.75) is 65.5 Å². The van der Waals surface area contributed by atoms with Gasteiger partial charge in [0.2, 0.25) is 0 Å². The number of nitrogens with one attached hydrogen (secondary N) is 1. The second-order valence-corrected chi connectivity index (χ2v) is 5.39. The van der Waals surface area contributed by atoms with Gasteiger partial charge in [-0.05, 0) is 38.0 Å². The van der Waals surface area contributed by atoms with E-state index < -0.39 is 0 Å². The fraction of sp³-hybridized carbons (Fsp3) is 1.00. The second kappa shape index (κ2) is 7.29. The summed E-state index contributed by atoms with van der Waals surface area (Å²) in [4.78, 5) is 0. The summed E-state index contributed by atoms with van der Waals surface area (Å²) in [6.45, 7) is 11.2. The molecule has 0 radical (unpaired) electrons. The molecule has 96 valence electrons. The molecule has 0 aromatic rings. The van der Waals surface area contributed by atoms with Gasteiger partial charge in [-0.15, -0.1) is 0 Å². The Morgan fingerprint density at radius 1 is 1.31 bits per heavy atom. The Morgan fingerprint density at radius 2 is 2.06 bits per heavy atom. The van der Waals surface area contributed by atoms with Gasteiger partial charge in [-0.2, -0.15) is 0 Å². The van der Waals surface area contributed by atoms with Crippen molar-refractivity contribution in [3.63, 3.8) is 0 Å². The highest BCUT2D eigenvalue weighted by Crippen LogP contribution is 2.20. The topological polar surface area (TPSA) is 21.3 Å². The normalized spacial score (nSPS) is 29.2. The zero-order chi connectivity index (χ0) is 12.0. The van der Waals surface area contributed by atoms with Crippen LogP contribution in [-0.2, 0) is 4.74 Å². The van der Waals surface area contributed by atoms with Crippen molar-refractivity contribution < 1.29 is 4.74 Å². The minimum absolute atomic E-state index is 0.452. The van der Waals surface area contributed by atoms with Crippen molar-refractivity contribution in [1.29, 1.82) is 0 Å². The van der Waals surface area contributed by atoms with Crippen molar-refractivity contribution in [3.8, 4) is 0 Å². The molecule has 1 rings (SSSR count). The van der Waals surface area contributed by atoms with E-state index in [1.165, 1.54) is 25.7 Å². The summed E-state index contributed by atoms with van der Waals surface area (Å²) < 4.78 is 5.59. The molecular weight excluding hydrogens is 198 g/mol. The Labute approximate surface area is 101 Å².